The van der Waals surface area contributed by atoms with Crippen LogP contribution < -0.4 is 0 Å². The lowest BCUT2D eigenvalue weighted by Gasteiger charge is -2.41. The van der Waals surface area contributed by atoms with E-state index in [-0.39, 0.29) is 18.3 Å². The van der Waals surface area contributed by atoms with Crippen LogP contribution in [0.4, 0.5) is 0 Å². The Morgan fingerprint density at radius 1 is 1.33 bits per heavy atom. The van der Waals surface area contributed by atoms with Gasteiger partial charge in [0.1, 0.15) is 0 Å². The fraction of sp³-hybridized carbons (Fsp3) is 0.833. The molecule has 1 aliphatic rings. The van der Waals surface area contributed by atoms with Crippen molar-refractivity contribution in [3.05, 3.63) is 12.7 Å². The first-order chi connectivity index (χ1) is 6.87. The van der Waals surface area contributed by atoms with Crippen LogP contribution in [0.5, 0.6) is 0 Å². The zero-order chi connectivity index (χ0) is 11.7. The van der Waals surface area contributed by atoms with Gasteiger partial charge in [-0.25, -0.2) is 0 Å². The van der Waals surface area contributed by atoms with Crippen LogP contribution in [0.1, 0.15) is 41.0 Å². The van der Waals surface area contributed by atoms with Crippen molar-refractivity contribution in [2.45, 2.75) is 58.6 Å². The Hall–Kier alpha value is -0.275. The van der Waals surface area contributed by atoms with Crippen molar-refractivity contribution < 1.29 is 9.31 Å². The van der Waals surface area contributed by atoms with Gasteiger partial charge in [0.05, 0.1) is 11.2 Å². The summed E-state index contributed by atoms with van der Waals surface area (Å²) in [6.07, 6.45) is 3.71. The van der Waals surface area contributed by atoms with Crippen LogP contribution in [0, 0.1) is 5.92 Å². The summed E-state index contributed by atoms with van der Waals surface area (Å²) in [7, 11) is -0.128. The van der Waals surface area contributed by atoms with E-state index in [1.54, 1.807) is 0 Å². The summed E-state index contributed by atoms with van der Waals surface area (Å²) < 4.78 is 12.0. The monoisotopic (exact) mass is 210 g/mol. The maximum Gasteiger partial charge on any atom is 0.461 e. The smallest absolute Gasteiger partial charge is 0.403 e. The molecule has 0 aromatic carbocycles. The first-order valence-corrected chi connectivity index (χ1v) is 5.84. The van der Waals surface area contributed by atoms with Gasteiger partial charge in [0, 0.05) is 6.32 Å². The van der Waals surface area contributed by atoms with Crippen LogP contribution in [0.15, 0.2) is 12.7 Å². The first kappa shape index (κ1) is 12.8. The third-order valence-electron chi connectivity index (χ3n) is 3.91. The van der Waals surface area contributed by atoms with Gasteiger partial charge >= 0.3 is 7.12 Å². The SMILES string of the molecule is C=CCB1OC(C)(C)C(C)(C(C)CC)O1. The molecule has 0 saturated carbocycles. The fourth-order valence-electron chi connectivity index (χ4n) is 2.22. The number of allylic oxidation sites excluding steroid dienone is 1. The zero-order valence-corrected chi connectivity index (χ0v) is 10.7. The molecule has 0 N–H and O–H groups in total. The molecule has 0 amide bonds. The predicted octanol–water partition coefficient (Wildman–Crippen LogP) is 3.29. The molecule has 0 aromatic rings. The molecule has 0 spiro atoms. The van der Waals surface area contributed by atoms with E-state index in [2.05, 4.69) is 41.2 Å². The maximum atomic E-state index is 6.06. The minimum atomic E-state index is -0.226. The molecule has 2 nitrogen and oxygen atoms in total. The number of hydrogen-bond donors (Lipinski definition) is 0. The van der Waals surface area contributed by atoms with Gasteiger partial charge < -0.3 is 9.31 Å². The average molecular weight is 210 g/mol. The van der Waals surface area contributed by atoms with Crippen molar-refractivity contribution in [2.75, 3.05) is 0 Å². The van der Waals surface area contributed by atoms with Crippen molar-refractivity contribution in [1.82, 2.24) is 0 Å². The number of rotatable bonds is 4. The Balaban J connectivity index is 2.84. The van der Waals surface area contributed by atoms with Gasteiger partial charge in [-0.2, -0.15) is 0 Å². The molecule has 3 heteroatoms. The lowest BCUT2D eigenvalue weighted by atomic mass is 9.76. The lowest BCUT2D eigenvalue weighted by Crippen LogP contribution is -2.49. The Kier molecular flexibility index (Phi) is 3.67. The van der Waals surface area contributed by atoms with E-state index in [0.717, 1.165) is 12.7 Å². The standard InChI is InChI=1S/C12H23BO2/c1-7-9-13-14-11(4,5)12(6,15-13)10(3)8-2/h7,10H,1,8-9H2,2-6H3. The van der Waals surface area contributed by atoms with Gasteiger partial charge in [-0.15, -0.1) is 6.58 Å². The van der Waals surface area contributed by atoms with Crippen LogP contribution in [0.2, 0.25) is 6.32 Å². The molecule has 1 heterocycles. The molecule has 15 heavy (non-hydrogen) atoms. The molecule has 0 aliphatic carbocycles. The molecule has 1 rings (SSSR count). The summed E-state index contributed by atoms with van der Waals surface area (Å²) in [5.74, 6) is 0.488. The van der Waals surface area contributed by atoms with Crippen molar-refractivity contribution in [3.8, 4) is 0 Å². The molecular formula is C12H23BO2. The largest absolute Gasteiger partial charge is 0.461 e. The predicted molar refractivity (Wildman–Crippen MR) is 64.9 cm³/mol. The highest BCUT2D eigenvalue weighted by Crippen LogP contribution is 2.44. The molecule has 0 aromatic heterocycles. The molecule has 2 atom stereocenters. The highest BCUT2D eigenvalue weighted by atomic mass is 16.7. The topological polar surface area (TPSA) is 18.5 Å². The van der Waals surface area contributed by atoms with E-state index < -0.39 is 0 Å². The van der Waals surface area contributed by atoms with Crippen LogP contribution in [0.25, 0.3) is 0 Å². The van der Waals surface area contributed by atoms with Crippen molar-refractivity contribution in [3.63, 3.8) is 0 Å². The van der Waals surface area contributed by atoms with E-state index in [1.165, 1.54) is 0 Å². The van der Waals surface area contributed by atoms with Gasteiger partial charge in [0.15, 0.2) is 0 Å². The molecule has 2 unspecified atom stereocenters. The zero-order valence-electron chi connectivity index (χ0n) is 10.7. The second-order valence-corrected chi connectivity index (χ2v) is 5.12. The summed E-state index contributed by atoms with van der Waals surface area (Å²) in [4.78, 5) is 0. The van der Waals surface area contributed by atoms with E-state index in [9.17, 15) is 0 Å². The summed E-state index contributed by atoms with van der Waals surface area (Å²) in [5, 5.41) is 0. The van der Waals surface area contributed by atoms with Crippen LogP contribution >= 0.6 is 0 Å². The molecule has 1 fully saturated rings. The first-order valence-electron chi connectivity index (χ1n) is 5.84. The Labute approximate surface area is 94.2 Å². The number of hydrogen-bond acceptors (Lipinski definition) is 2. The Morgan fingerprint density at radius 3 is 2.40 bits per heavy atom. The van der Waals surface area contributed by atoms with Crippen LogP contribution in [0.3, 0.4) is 0 Å². The molecule has 0 radical (unpaired) electrons. The van der Waals surface area contributed by atoms with Crippen LogP contribution in [-0.2, 0) is 9.31 Å². The van der Waals surface area contributed by atoms with Gasteiger partial charge in [0.2, 0.25) is 0 Å². The van der Waals surface area contributed by atoms with Gasteiger partial charge in [-0.3, -0.25) is 0 Å². The van der Waals surface area contributed by atoms with Crippen molar-refractivity contribution in [1.29, 1.82) is 0 Å². The second-order valence-electron chi connectivity index (χ2n) is 5.12. The van der Waals surface area contributed by atoms with Gasteiger partial charge in [-0.05, 0) is 26.7 Å². The third kappa shape index (κ3) is 2.14. The average Bonchev–Trinajstić information content (AvgIpc) is 2.37. The summed E-state index contributed by atoms with van der Waals surface area (Å²) >= 11 is 0. The molecule has 1 aliphatic heterocycles. The summed E-state index contributed by atoms with van der Waals surface area (Å²) in [5.41, 5.74) is -0.425. The normalized spacial score (nSPS) is 31.7. The minimum Gasteiger partial charge on any atom is -0.403 e. The molecule has 1 saturated heterocycles. The molecule has 0 bridgehead atoms. The lowest BCUT2D eigenvalue weighted by molar-refractivity contribution is -0.0499. The van der Waals surface area contributed by atoms with Gasteiger partial charge in [-0.1, -0.05) is 26.3 Å². The third-order valence-corrected chi connectivity index (χ3v) is 3.91. The summed E-state index contributed by atoms with van der Waals surface area (Å²) in [6, 6.07) is 0. The van der Waals surface area contributed by atoms with E-state index in [1.807, 2.05) is 6.08 Å². The molecule has 86 valence electrons. The highest BCUT2D eigenvalue weighted by Gasteiger charge is 2.55. The fourth-order valence-corrected chi connectivity index (χ4v) is 2.22. The molecular weight excluding hydrogens is 187 g/mol. The van der Waals surface area contributed by atoms with Crippen LogP contribution in [-0.4, -0.2) is 18.3 Å². The minimum absolute atomic E-state index is 0.128. The van der Waals surface area contributed by atoms with E-state index in [0.29, 0.717) is 5.92 Å². The Morgan fingerprint density at radius 2 is 1.93 bits per heavy atom. The second kappa shape index (κ2) is 4.30. The van der Waals surface area contributed by atoms with Gasteiger partial charge in [0.25, 0.3) is 0 Å². The highest BCUT2D eigenvalue weighted by molar-refractivity contribution is 6.46. The van der Waals surface area contributed by atoms with Crippen molar-refractivity contribution >= 4 is 7.12 Å². The van der Waals surface area contributed by atoms with E-state index in [4.69, 9.17) is 9.31 Å². The van der Waals surface area contributed by atoms with E-state index >= 15 is 0 Å². The quantitative estimate of drug-likeness (QED) is 0.523. The Bertz CT molecular complexity index is 240. The summed E-state index contributed by atoms with van der Waals surface area (Å²) in [6.45, 7) is 14.5. The maximum absolute atomic E-state index is 6.06. The van der Waals surface area contributed by atoms with Crippen molar-refractivity contribution in [2.24, 2.45) is 5.92 Å².